The van der Waals surface area contributed by atoms with Gasteiger partial charge < -0.3 is 20.5 Å². The number of phenols is 1. The number of hydrogen-bond acceptors (Lipinski definition) is 5. The molecule has 2 atom stereocenters. The minimum Gasteiger partial charge on any atom is -0.503 e. The van der Waals surface area contributed by atoms with Crippen molar-refractivity contribution < 1.29 is 14.6 Å². The van der Waals surface area contributed by atoms with Gasteiger partial charge in [-0.1, -0.05) is 41.9 Å². The third-order valence-electron chi connectivity index (χ3n) is 6.26. The molecule has 0 saturated heterocycles. The van der Waals surface area contributed by atoms with Crippen LogP contribution in [0.15, 0.2) is 76.4 Å². The first-order chi connectivity index (χ1) is 16.0. The fraction of sp³-hybridized carbons (Fsp3) is 0.192. The van der Waals surface area contributed by atoms with E-state index in [0.29, 0.717) is 33.7 Å². The number of nitrogens with one attached hydrogen (secondary N) is 2. The summed E-state index contributed by atoms with van der Waals surface area (Å²) in [4.78, 5) is 13.6. The van der Waals surface area contributed by atoms with Gasteiger partial charge in [-0.05, 0) is 69.7 Å². The SMILES string of the molecule is COc1cc([C@@H]2Nc3ccccc3NC3=C2C(=O)C[C@H](c2ccccc2Cl)C3)cc(Br)c1O. The predicted molar refractivity (Wildman–Crippen MR) is 134 cm³/mol. The van der Waals surface area contributed by atoms with E-state index in [9.17, 15) is 9.90 Å². The monoisotopic (exact) mass is 524 g/mol. The Balaban J connectivity index is 1.65. The van der Waals surface area contributed by atoms with Gasteiger partial charge in [-0.25, -0.2) is 0 Å². The molecule has 0 saturated carbocycles. The molecule has 1 aliphatic heterocycles. The maximum atomic E-state index is 13.6. The van der Waals surface area contributed by atoms with Crippen molar-refractivity contribution in [3.63, 3.8) is 0 Å². The van der Waals surface area contributed by atoms with Crippen LogP contribution in [-0.2, 0) is 4.79 Å². The van der Waals surface area contributed by atoms with Crippen LogP contribution in [0, 0.1) is 0 Å². The Hall–Kier alpha value is -2.96. The molecule has 1 aliphatic carbocycles. The molecule has 1 heterocycles. The summed E-state index contributed by atoms with van der Waals surface area (Å²) < 4.78 is 5.87. The highest BCUT2D eigenvalue weighted by molar-refractivity contribution is 9.10. The Bertz CT molecular complexity index is 1290. The molecular formula is C26H22BrClN2O3. The smallest absolute Gasteiger partial charge is 0.172 e. The number of ether oxygens (including phenoxy) is 1. The second kappa shape index (κ2) is 8.76. The number of anilines is 2. The molecule has 5 rings (SSSR count). The van der Waals surface area contributed by atoms with Crippen LogP contribution in [0.4, 0.5) is 11.4 Å². The zero-order valence-electron chi connectivity index (χ0n) is 17.9. The van der Waals surface area contributed by atoms with Gasteiger partial charge in [0.2, 0.25) is 0 Å². The number of rotatable bonds is 3. The Kier molecular flexibility index (Phi) is 5.81. The molecular weight excluding hydrogens is 504 g/mol. The van der Waals surface area contributed by atoms with Crippen LogP contribution in [0.2, 0.25) is 5.02 Å². The number of para-hydroxylation sites is 2. The molecule has 3 N–H and O–H groups in total. The molecule has 7 heteroatoms. The molecule has 3 aromatic rings. The molecule has 33 heavy (non-hydrogen) atoms. The van der Waals surface area contributed by atoms with Crippen LogP contribution in [0.25, 0.3) is 0 Å². The Morgan fingerprint density at radius 3 is 2.55 bits per heavy atom. The normalized spacial score (nSPS) is 19.7. The molecule has 0 unspecified atom stereocenters. The first kappa shape index (κ1) is 21.9. The van der Waals surface area contributed by atoms with E-state index in [-0.39, 0.29) is 17.5 Å². The molecule has 2 aliphatic rings. The fourth-order valence-electron chi connectivity index (χ4n) is 4.68. The van der Waals surface area contributed by atoms with Crippen molar-refractivity contribution in [2.75, 3.05) is 17.7 Å². The highest BCUT2D eigenvalue weighted by Gasteiger charge is 2.37. The number of Topliss-reactive ketones (excluding diaryl/α,β-unsaturated/α-hetero) is 1. The average Bonchev–Trinajstić information content (AvgIpc) is 2.98. The molecule has 168 valence electrons. The lowest BCUT2D eigenvalue weighted by atomic mass is 9.78. The van der Waals surface area contributed by atoms with Crippen molar-refractivity contribution in [3.8, 4) is 11.5 Å². The number of carbonyl (C=O) groups excluding carboxylic acids is 1. The van der Waals surface area contributed by atoms with E-state index in [2.05, 4.69) is 26.6 Å². The molecule has 0 spiro atoms. The van der Waals surface area contributed by atoms with E-state index in [1.807, 2.05) is 54.6 Å². The van der Waals surface area contributed by atoms with Gasteiger partial charge >= 0.3 is 0 Å². The lowest BCUT2D eigenvalue weighted by molar-refractivity contribution is -0.116. The molecule has 0 aromatic heterocycles. The largest absolute Gasteiger partial charge is 0.503 e. The van der Waals surface area contributed by atoms with Crippen LogP contribution in [-0.4, -0.2) is 18.0 Å². The molecule has 0 radical (unpaired) electrons. The van der Waals surface area contributed by atoms with E-state index < -0.39 is 6.04 Å². The van der Waals surface area contributed by atoms with E-state index >= 15 is 0 Å². The zero-order valence-corrected chi connectivity index (χ0v) is 20.2. The summed E-state index contributed by atoms with van der Waals surface area (Å²) in [5.41, 5.74) is 5.16. The van der Waals surface area contributed by atoms with Gasteiger partial charge in [0.1, 0.15) is 0 Å². The quantitative estimate of drug-likeness (QED) is 0.351. The molecule has 5 nitrogen and oxygen atoms in total. The van der Waals surface area contributed by atoms with E-state index in [0.717, 1.165) is 28.2 Å². The zero-order chi connectivity index (χ0) is 23.1. The van der Waals surface area contributed by atoms with Crippen molar-refractivity contribution >= 4 is 44.7 Å². The number of aromatic hydroxyl groups is 1. The molecule has 0 fully saturated rings. The van der Waals surface area contributed by atoms with Gasteiger partial charge in [0, 0.05) is 22.7 Å². The summed E-state index contributed by atoms with van der Waals surface area (Å²) in [6.07, 6.45) is 1.03. The van der Waals surface area contributed by atoms with Crippen molar-refractivity contribution in [2.45, 2.75) is 24.8 Å². The second-order valence-corrected chi connectivity index (χ2v) is 9.51. The first-order valence-corrected chi connectivity index (χ1v) is 11.8. The summed E-state index contributed by atoms with van der Waals surface area (Å²) in [6, 6.07) is 18.8. The highest BCUT2D eigenvalue weighted by Crippen LogP contribution is 2.47. The number of fused-ring (bicyclic) bond motifs is 1. The predicted octanol–water partition coefficient (Wildman–Crippen LogP) is 6.80. The van der Waals surface area contributed by atoms with Crippen LogP contribution in [0.1, 0.15) is 35.9 Å². The van der Waals surface area contributed by atoms with Crippen molar-refractivity contribution in [1.82, 2.24) is 0 Å². The molecule has 3 aromatic carbocycles. The van der Waals surface area contributed by atoms with Crippen LogP contribution in [0.5, 0.6) is 11.5 Å². The standard InChI is InChI=1S/C26H22BrClN2O3/c1-33-23-13-15(10-17(27)26(23)32)25-24-21(29-19-8-4-5-9-20(19)30-25)11-14(12-22(24)31)16-6-2-3-7-18(16)28/h2-10,13-14,25,29-30,32H,11-12H2,1H3/t14-,25+/m1/s1. The Morgan fingerprint density at radius 1 is 1.06 bits per heavy atom. The lowest BCUT2D eigenvalue weighted by Gasteiger charge is -2.30. The minimum absolute atomic E-state index is 0.00977. The number of carbonyl (C=O) groups is 1. The van der Waals surface area contributed by atoms with Gasteiger partial charge in [-0.15, -0.1) is 0 Å². The number of methoxy groups -OCH3 is 1. The van der Waals surface area contributed by atoms with Gasteiger partial charge in [-0.2, -0.15) is 0 Å². The third-order valence-corrected chi connectivity index (χ3v) is 7.21. The maximum Gasteiger partial charge on any atom is 0.172 e. The summed E-state index contributed by atoms with van der Waals surface area (Å²) in [7, 11) is 1.51. The highest BCUT2D eigenvalue weighted by atomic mass is 79.9. The topological polar surface area (TPSA) is 70.6 Å². The number of halogens is 2. The number of ketones is 1. The second-order valence-electron chi connectivity index (χ2n) is 8.24. The summed E-state index contributed by atoms with van der Waals surface area (Å²) >= 11 is 9.90. The summed E-state index contributed by atoms with van der Waals surface area (Å²) in [6.45, 7) is 0. The number of phenolic OH excluding ortho intramolecular Hbond substituents is 1. The molecule has 0 amide bonds. The fourth-order valence-corrected chi connectivity index (χ4v) is 5.43. The summed E-state index contributed by atoms with van der Waals surface area (Å²) in [5, 5.41) is 18.1. The van der Waals surface area contributed by atoms with E-state index in [1.165, 1.54) is 7.11 Å². The minimum atomic E-state index is -0.415. The Morgan fingerprint density at radius 2 is 1.79 bits per heavy atom. The third kappa shape index (κ3) is 3.98. The van der Waals surface area contributed by atoms with Gasteiger partial charge in [-0.3, -0.25) is 4.79 Å². The number of allylic oxidation sites excluding steroid dienone is 1. The van der Waals surface area contributed by atoms with Crippen molar-refractivity contribution in [2.24, 2.45) is 0 Å². The van der Waals surface area contributed by atoms with Crippen molar-refractivity contribution in [1.29, 1.82) is 0 Å². The Labute approximate surface area is 205 Å². The van der Waals surface area contributed by atoms with Crippen LogP contribution >= 0.6 is 27.5 Å². The number of benzene rings is 3. The summed E-state index contributed by atoms with van der Waals surface area (Å²) in [5.74, 6) is 0.411. The molecule has 0 bridgehead atoms. The van der Waals surface area contributed by atoms with Crippen LogP contribution in [0.3, 0.4) is 0 Å². The van der Waals surface area contributed by atoms with Crippen LogP contribution < -0.4 is 15.4 Å². The van der Waals surface area contributed by atoms with Gasteiger partial charge in [0.05, 0.1) is 29.0 Å². The van der Waals surface area contributed by atoms with Gasteiger partial charge in [0.25, 0.3) is 0 Å². The van der Waals surface area contributed by atoms with E-state index in [4.69, 9.17) is 16.3 Å². The average molecular weight is 526 g/mol. The maximum absolute atomic E-state index is 13.6. The van der Waals surface area contributed by atoms with Crippen molar-refractivity contribution in [3.05, 3.63) is 92.6 Å². The number of hydrogen-bond donors (Lipinski definition) is 3. The van der Waals surface area contributed by atoms with Gasteiger partial charge in [0.15, 0.2) is 17.3 Å². The van der Waals surface area contributed by atoms with E-state index in [1.54, 1.807) is 6.07 Å². The first-order valence-electron chi connectivity index (χ1n) is 10.7. The lowest BCUT2D eigenvalue weighted by Crippen LogP contribution is -2.27.